The molecule has 1 N–H and O–H groups in total. The molecule has 166 valence electrons. The van der Waals surface area contributed by atoms with Crippen LogP contribution in [-0.4, -0.2) is 52.0 Å². The van der Waals surface area contributed by atoms with Crippen molar-refractivity contribution in [2.24, 2.45) is 4.99 Å². The van der Waals surface area contributed by atoms with Gasteiger partial charge in [-0.25, -0.2) is 0 Å². The first kappa shape index (κ1) is 25.0. The number of nitrogens with one attached hydrogen (secondary N) is 1. The highest BCUT2D eigenvalue weighted by Gasteiger charge is 2.14. The van der Waals surface area contributed by atoms with Crippen molar-refractivity contribution >= 4 is 41.7 Å². The van der Waals surface area contributed by atoms with E-state index in [9.17, 15) is 0 Å². The van der Waals surface area contributed by atoms with Crippen molar-refractivity contribution in [2.75, 3.05) is 26.4 Å². The molecule has 1 aliphatic rings. The van der Waals surface area contributed by atoms with Gasteiger partial charge in [0.1, 0.15) is 11.6 Å². The van der Waals surface area contributed by atoms with Crippen molar-refractivity contribution in [3.63, 3.8) is 0 Å². The van der Waals surface area contributed by atoms with Crippen molar-refractivity contribution in [3.8, 4) is 0 Å². The fourth-order valence-electron chi connectivity index (χ4n) is 3.70. The Bertz CT molecular complexity index is 789. The second kappa shape index (κ2) is 13.2. The summed E-state index contributed by atoms with van der Waals surface area (Å²) in [5.41, 5.74) is 1.29. The predicted molar refractivity (Wildman–Crippen MR) is 137 cm³/mol. The van der Waals surface area contributed by atoms with Crippen LogP contribution in [0.15, 0.2) is 34.2 Å². The van der Waals surface area contributed by atoms with Crippen LogP contribution in [0.4, 0.5) is 0 Å². The number of guanidine groups is 1. The Morgan fingerprint density at radius 2 is 2.00 bits per heavy atom. The van der Waals surface area contributed by atoms with Gasteiger partial charge in [-0.05, 0) is 50.1 Å². The highest BCUT2D eigenvalue weighted by Crippen LogP contribution is 2.16. The Morgan fingerprint density at radius 1 is 1.20 bits per heavy atom. The van der Waals surface area contributed by atoms with Crippen LogP contribution in [0, 0.1) is 0 Å². The lowest BCUT2D eigenvalue weighted by atomic mass is 10.2. The van der Waals surface area contributed by atoms with E-state index in [2.05, 4.69) is 69.5 Å². The molecule has 8 heteroatoms. The number of thioether (sulfide) groups is 1. The molecule has 6 nitrogen and oxygen atoms in total. The number of fused-ring (bicyclic) bond motifs is 1. The molecule has 0 bridgehead atoms. The maximum Gasteiger partial charge on any atom is 0.193 e. The fourth-order valence-corrected chi connectivity index (χ4v) is 4.11. The summed E-state index contributed by atoms with van der Waals surface area (Å²) in [6, 6.07) is 8.75. The van der Waals surface area contributed by atoms with E-state index in [1.165, 1.54) is 35.5 Å². The molecule has 1 aromatic heterocycles. The quantitative estimate of drug-likeness (QED) is 0.177. The van der Waals surface area contributed by atoms with E-state index in [-0.39, 0.29) is 24.0 Å². The van der Waals surface area contributed by atoms with Crippen LogP contribution in [0.5, 0.6) is 0 Å². The highest BCUT2D eigenvalue weighted by atomic mass is 127. The molecule has 30 heavy (non-hydrogen) atoms. The highest BCUT2D eigenvalue weighted by molar-refractivity contribution is 14.0. The average molecular weight is 543 g/mol. The number of halogens is 1. The third-order valence-corrected chi connectivity index (χ3v) is 6.03. The summed E-state index contributed by atoms with van der Waals surface area (Å²) in [5, 5.41) is 12.3. The van der Waals surface area contributed by atoms with Gasteiger partial charge in [0, 0.05) is 51.0 Å². The zero-order valence-corrected chi connectivity index (χ0v) is 21.6. The molecule has 0 spiro atoms. The average Bonchev–Trinajstić information content (AvgIpc) is 2.96. The largest absolute Gasteiger partial charge is 0.357 e. The molecule has 1 aromatic carbocycles. The van der Waals surface area contributed by atoms with E-state index in [1.54, 1.807) is 11.8 Å². The van der Waals surface area contributed by atoms with Gasteiger partial charge in [-0.15, -0.1) is 45.9 Å². The Morgan fingerprint density at radius 3 is 2.73 bits per heavy atom. The molecule has 2 aromatic rings. The summed E-state index contributed by atoms with van der Waals surface area (Å²) < 4.78 is 2.34. The number of aromatic nitrogens is 3. The van der Waals surface area contributed by atoms with Gasteiger partial charge in [0.05, 0.1) is 0 Å². The Labute approximate surface area is 202 Å². The zero-order chi connectivity index (χ0) is 20.5. The van der Waals surface area contributed by atoms with E-state index < -0.39 is 0 Å². The number of hydrogen-bond donors (Lipinski definition) is 1. The summed E-state index contributed by atoms with van der Waals surface area (Å²) >= 11 is 1.77. The summed E-state index contributed by atoms with van der Waals surface area (Å²) in [4.78, 5) is 8.33. The zero-order valence-electron chi connectivity index (χ0n) is 18.4. The maximum atomic E-state index is 4.84. The van der Waals surface area contributed by atoms with Crippen LogP contribution in [0.25, 0.3) is 0 Å². The molecule has 0 amide bonds. The number of rotatable bonds is 8. The topological polar surface area (TPSA) is 58.3 Å². The monoisotopic (exact) mass is 542 g/mol. The molecule has 0 unspecified atom stereocenters. The van der Waals surface area contributed by atoms with Gasteiger partial charge in [0.15, 0.2) is 5.96 Å². The standard InChI is InChI=1S/C22H34N6S.HI/c1-4-23-22(27(2)17-18-11-13-19(29-3)14-12-18)24-15-8-10-21-26-25-20-9-6-5-7-16-28(20)21;/h11-14H,4-10,15-17H2,1-3H3,(H,23,24);1H. The lowest BCUT2D eigenvalue weighted by Crippen LogP contribution is -2.38. The SMILES string of the molecule is CCNC(=NCCCc1nnc2n1CCCCC2)N(C)Cc1ccc(SC)cc1.I. The van der Waals surface area contributed by atoms with Crippen LogP contribution in [-0.2, 0) is 25.9 Å². The fraction of sp³-hybridized carbons (Fsp3) is 0.591. The summed E-state index contributed by atoms with van der Waals surface area (Å²) in [6.07, 6.45) is 8.88. The number of hydrogen-bond acceptors (Lipinski definition) is 4. The van der Waals surface area contributed by atoms with Crippen LogP contribution >= 0.6 is 35.7 Å². The lowest BCUT2D eigenvalue weighted by Gasteiger charge is -2.22. The Kier molecular flexibility index (Phi) is 11.0. The number of aryl methyl sites for hydroxylation is 2. The normalized spacial score (nSPS) is 13.9. The number of benzene rings is 1. The molecule has 0 saturated heterocycles. The minimum absolute atomic E-state index is 0. The van der Waals surface area contributed by atoms with Gasteiger partial charge in [-0.1, -0.05) is 18.6 Å². The molecule has 0 aliphatic carbocycles. The smallest absolute Gasteiger partial charge is 0.193 e. The van der Waals surface area contributed by atoms with Crippen LogP contribution in [0.3, 0.4) is 0 Å². The molecule has 0 radical (unpaired) electrons. The first-order valence-electron chi connectivity index (χ1n) is 10.7. The minimum atomic E-state index is 0. The molecular formula is C22H35IN6S. The van der Waals surface area contributed by atoms with Gasteiger partial charge in [0.2, 0.25) is 0 Å². The molecule has 1 aliphatic heterocycles. The van der Waals surface area contributed by atoms with Gasteiger partial charge in [-0.3, -0.25) is 4.99 Å². The van der Waals surface area contributed by atoms with Crippen molar-refractivity contribution in [1.29, 1.82) is 0 Å². The summed E-state index contributed by atoms with van der Waals surface area (Å²) in [5.74, 6) is 3.26. The number of aliphatic imine (C=N–C) groups is 1. The maximum absolute atomic E-state index is 4.84. The summed E-state index contributed by atoms with van der Waals surface area (Å²) in [6.45, 7) is 5.69. The first-order chi connectivity index (χ1) is 14.2. The second-order valence-electron chi connectivity index (χ2n) is 7.54. The van der Waals surface area contributed by atoms with E-state index in [0.29, 0.717) is 0 Å². The Hall–Kier alpha value is -1.29. The predicted octanol–water partition coefficient (Wildman–Crippen LogP) is 4.37. The minimum Gasteiger partial charge on any atom is -0.357 e. The van der Waals surface area contributed by atoms with E-state index in [1.807, 2.05) is 0 Å². The molecule has 3 rings (SSSR count). The second-order valence-corrected chi connectivity index (χ2v) is 8.42. The van der Waals surface area contributed by atoms with E-state index in [0.717, 1.165) is 57.2 Å². The summed E-state index contributed by atoms with van der Waals surface area (Å²) in [7, 11) is 2.10. The van der Waals surface area contributed by atoms with Gasteiger partial charge < -0.3 is 14.8 Å². The van der Waals surface area contributed by atoms with Gasteiger partial charge in [-0.2, -0.15) is 0 Å². The first-order valence-corrected chi connectivity index (χ1v) is 12.0. The van der Waals surface area contributed by atoms with Gasteiger partial charge >= 0.3 is 0 Å². The Balaban J connectivity index is 0.00000320. The van der Waals surface area contributed by atoms with Crippen molar-refractivity contribution in [2.45, 2.75) is 63.4 Å². The van der Waals surface area contributed by atoms with Crippen LogP contribution in [0.2, 0.25) is 0 Å². The number of nitrogens with zero attached hydrogens (tertiary/aromatic N) is 5. The van der Waals surface area contributed by atoms with E-state index >= 15 is 0 Å². The third-order valence-electron chi connectivity index (χ3n) is 5.28. The molecule has 0 fully saturated rings. The molecule has 2 heterocycles. The molecule has 0 atom stereocenters. The molecule has 0 saturated carbocycles. The van der Waals surface area contributed by atoms with Crippen molar-refractivity contribution in [1.82, 2.24) is 25.0 Å². The third kappa shape index (κ3) is 7.14. The lowest BCUT2D eigenvalue weighted by molar-refractivity contribution is 0.476. The van der Waals surface area contributed by atoms with Crippen LogP contribution < -0.4 is 5.32 Å². The van der Waals surface area contributed by atoms with Crippen LogP contribution in [0.1, 0.15) is 49.8 Å². The van der Waals surface area contributed by atoms with E-state index in [4.69, 9.17) is 4.99 Å². The van der Waals surface area contributed by atoms with Gasteiger partial charge in [0.25, 0.3) is 0 Å². The van der Waals surface area contributed by atoms with Crippen molar-refractivity contribution in [3.05, 3.63) is 41.5 Å². The molecular weight excluding hydrogens is 507 g/mol. The van der Waals surface area contributed by atoms with Crippen molar-refractivity contribution < 1.29 is 0 Å².